The second kappa shape index (κ2) is 5.46. The van der Waals surface area contributed by atoms with E-state index in [1.165, 1.54) is 12.1 Å². The number of nitrogens with zero attached hydrogens (tertiary/aromatic N) is 2. The molecule has 5 nitrogen and oxygen atoms in total. The molecule has 19 heavy (non-hydrogen) atoms. The van der Waals surface area contributed by atoms with Crippen molar-refractivity contribution in [2.75, 3.05) is 19.8 Å². The van der Waals surface area contributed by atoms with Gasteiger partial charge in [0, 0.05) is 24.6 Å². The maximum Gasteiger partial charge on any atom is 0.228 e. The van der Waals surface area contributed by atoms with E-state index in [9.17, 15) is 4.39 Å². The van der Waals surface area contributed by atoms with Crippen LogP contribution in [-0.2, 0) is 11.2 Å². The van der Waals surface area contributed by atoms with Gasteiger partial charge < -0.3 is 14.6 Å². The first-order chi connectivity index (χ1) is 9.31. The maximum absolute atomic E-state index is 13.1. The molecule has 1 aliphatic heterocycles. The van der Waals surface area contributed by atoms with E-state index in [2.05, 4.69) is 15.5 Å². The van der Waals surface area contributed by atoms with Crippen molar-refractivity contribution in [2.24, 2.45) is 0 Å². The Labute approximate surface area is 109 Å². The van der Waals surface area contributed by atoms with E-state index >= 15 is 0 Å². The number of halogens is 1. The third kappa shape index (κ3) is 2.97. The van der Waals surface area contributed by atoms with Gasteiger partial charge in [-0.25, -0.2) is 4.39 Å². The molecule has 1 fully saturated rings. The van der Waals surface area contributed by atoms with E-state index in [-0.39, 0.29) is 11.9 Å². The number of rotatable bonds is 3. The molecule has 2 heterocycles. The van der Waals surface area contributed by atoms with Crippen LogP contribution in [0.1, 0.15) is 5.89 Å². The topological polar surface area (TPSA) is 60.2 Å². The zero-order valence-corrected chi connectivity index (χ0v) is 10.3. The fourth-order valence-corrected chi connectivity index (χ4v) is 2.04. The van der Waals surface area contributed by atoms with Crippen LogP contribution in [0.4, 0.5) is 4.39 Å². The first kappa shape index (κ1) is 12.3. The quantitative estimate of drug-likeness (QED) is 0.907. The van der Waals surface area contributed by atoms with Gasteiger partial charge in [-0.15, -0.1) is 0 Å². The van der Waals surface area contributed by atoms with Crippen molar-refractivity contribution in [1.82, 2.24) is 15.5 Å². The largest absolute Gasteiger partial charge is 0.378 e. The minimum absolute atomic E-state index is 0.189. The van der Waals surface area contributed by atoms with Crippen molar-refractivity contribution in [1.29, 1.82) is 0 Å². The molecule has 1 aromatic heterocycles. The highest BCUT2D eigenvalue weighted by Gasteiger charge is 2.17. The van der Waals surface area contributed by atoms with Gasteiger partial charge in [-0.1, -0.05) is 17.3 Å². The molecule has 1 N–H and O–H groups in total. The molecule has 100 valence electrons. The maximum atomic E-state index is 13.1. The second-order valence-corrected chi connectivity index (χ2v) is 4.45. The molecule has 1 aliphatic rings. The van der Waals surface area contributed by atoms with Crippen molar-refractivity contribution in [3.8, 4) is 11.4 Å². The normalized spacial score (nSPS) is 19.5. The Morgan fingerprint density at radius 2 is 2.37 bits per heavy atom. The molecule has 2 aromatic rings. The first-order valence-corrected chi connectivity index (χ1v) is 6.21. The lowest BCUT2D eigenvalue weighted by Crippen LogP contribution is -2.42. The zero-order valence-electron chi connectivity index (χ0n) is 10.3. The van der Waals surface area contributed by atoms with Crippen molar-refractivity contribution in [3.05, 3.63) is 36.0 Å². The molecule has 1 unspecified atom stereocenters. The minimum Gasteiger partial charge on any atom is -0.378 e. The summed E-state index contributed by atoms with van der Waals surface area (Å²) in [7, 11) is 0. The van der Waals surface area contributed by atoms with Crippen LogP contribution in [-0.4, -0.2) is 35.9 Å². The van der Waals surface area contributed by atoms with E-state index in [0.29, 0.717) is 30.3 Å². The number of hydrogen-bond donors (Lipinski definition) is 1. The fourth-order valence-electron chi connectivity index (χ4n) is 2.04. The summed E-state index contributed by atoms with van der Waals surface area (Å²) in [6, 6.07) is 6.33. The van der Waals surface area contributed by atoms with Crippen LogP contribution >= 0.6 is 0 Å². The van der Waals surface area contributed by atoms with Crippen LogP contribution in [0, 0.1) is 5.82 Å². The van der Waals surface area contributed by atoms with Crippen LogP contribution in [0.25, 0.3) is 11.4 Å². The number of aromatic nitrogens is 2. The molecule has 0 saturated carbocycles. The first-order valence-electron chi connectivity index (χ1n) is 6.21. The Bertz CT molecular complexity index is 552. The van der Waals surface area contributed by atoms with Gasteiger partial charge >= 0.3 is 0 Å². The van der Waals surface area contributed by atoms with Crippen molar-refractivity contribution < 1.29 is 13.7 Å². The molecule has 0 amide bonds. The van der Waals surface area contributed by atoms with E-state index in [1.807, 2.05) is 0 Å². The molecular weight excluding hydrogens is 249 g/mol. The smallest absolute Gasteiger partial charge is 0.228 e. The number of hydrogen-bond acceptors (Lipinski definition) is 5. The average Bonchev–Trinajstić information content (AvgIpc) is 2.88. The summed E-state index contributed by atoms with van der Waals surface area (Å²) in [6.45, 7) is 2.20. The number of morpholine rings is 1. The van der Waals surface area contributed by atoms with Crippen LogP contribution in [0.2, 0.25) is 0 Å². The Morgan fingerprint density at radius 3 is 3.16 bits per heavy atom. The van der Waals surface area contributed by atoms with Crippen LogP contribution in [0.5, 0.6) is 0 Å². The average molecular weight is 263 g/mol. The summed E-state index contributed by atoms with van der Waals surface area (Å²) < 4.78 is 23.7. The summed E-state index contributed by atoms with van der Waals surface area (Å²) >= 11 is 0. The number of nitrogens with one attached hydrogen (secondary N) is 1. The lowest BCUT2D eigenvalue weighted by atomic mass is 10.2. The monoisotopic (exact) mass is 263 g/mol. The fraction of sp³-hybridized carbons (Fsp3) is 0.385. The molecule has 1 atom stereocenters. The summed E-state index contributed by atoms with van der Waals surface area (Å²) in [5.74, 6) is 0.625. The molecular formula is C13H14FN3O2. The van der Waals surface area contributed by atoms with E-state index in [0.717, 1.165) is 13.2 Å². The van der Waals surface area contributed by atoms with Crippen LogP contribution in [0.15, 0.2) is 28.8 Å². The third-order valence-corrected chi connectivity index (χ3v) is 2.97. The SMILES string of the molecule is Fc1cccc(-c2noc(CC3COCCN3)n2)c1. The van der Waals surface area contributed by atoms with Crippen molar-refractivity contribution in [3.63, 3.8) is 0 Å². The van der Waals surface area contributed by atoms with Gasteiger partial charge in [-0.2, -0.15) is 4.98 Å². The predicted molar refractivity (Wildman–Crippen MR) is 66.0 cm³/mol. The standard InChI is InChI=1S/C13H14FN3O2/c14-10-3-1-2-9(6-10)13-16-12(19-17-13)7-11-8-18-5-4-15-11/h1-3,6,11,15H,4-5,7-8H2. The number of ether oxygens (including phenoxy) is 1. The van der Waals surface area contributed by atoms with Gasteiger partial charge in [-0.05, 0) is 12.1 Å². The van der Waals surface area contributed by atoms with Gasteiger partial charge in [0.15, 0.2) is 0 Å². The lowest BCUT2D eigenvalue weighted by Gasteiger charge is -2.22. The Morgan fingerprint density at radius 1 is 1.42 bits per heavy atom. The minimum atomic E-state index is -0.314. The van der Waals surface area contributed by atoms with Crippen LogP contribution < -0.4 is 5.32 Å². The predicted octanol–water partition coefficient (Wildman–Crippen LogP) is 1.41. The van der Waals surface area contributed by atoms with Gasteiger partial charge in [0.2, 0.25) is 11.7 Å². The van der Waals surface area contributed by atoms with E-state index < -0.39 is 0 Å². The molecule has 0 spiro atoms. The van der Waals surface area contributed by atoms with E-state index in [4.69, 9.17) is 9.26 Å². The third-order valence-electron chi connectivity index (χ3n) is 2.97. The Balaban J connectivity index is 1.72. The van der Waals surface area contributed by atoms with Gasteiger partial charge in [0.1, 0.15) is 5.82 Å². The lowest BCUT2D eigenvalue weighted by molar-refractivity contribution is 0.0744. The summed E-state index contributed by atoms with van der Waals surface area (Å²) in [6.07, 6.45) is 0.613. The van der Waals surface area contributed by atoms with Crippen molar-refractivity contribution >= 4 is 0 Å². The summed E-state index contributed by atoms with van der Waals surface area (Å²) in [4.78, 5) is 4.28. The summed E-state index contributed by atoms with van der Waals surface area (Å²) in [5.41, 5.74) is 0.614. The zero-order chi connectivity index (χ0) is 13.1. The highest BCUT2D eigenvalue weighted by molar-refractivity contribution is 5.53. The molecule has 6 heteroatoms. The van der Waals surface area contributed by atoms with Gasteiger partial charge in [-0.3, -0.25) is 0 Å². The Hall–Kier alpha value is -1.79. The number of benzene rings is 1. The second-order valence-electron chi connectivity index (χ2n) is 4.45. The summed E-state index contributed by atoms with van der Waals surface area (Å²) in [5, 5.41) is 7.18. The molecule has 1 saturated heterocycles. The van der Waals surface area contributed by atoms with Crippen molar-refractivity contribution in [2.45, 2.75) is 12.5 Å². The molecule has 0 radical (unpaired) electrons. The van der Waals surface area contributed by atoms with Gasteiger partial charge in [0.25, 0.3) is 0 Å². The molecule has 1 aromatic carbocycles. The van der Waals surface area contributed by atoms with Crippen LogP contribution in [0.3, 0.4) is 0 Å². The van der Waals surface area contributed by atoms with E-state index in [1.54, 1.807) is 12.1 Å². The Kier molecular flexibility index (Phi) is 3.52. The molecule has 3 rings (SSSR count). The van der Waals surface area contributed by atoms with Gasteiger partial charge in [0.05, 0.1) is 13.2 Å². The molecule has 0 bridgehead atoms. The molecule has 0 aliphatic carbocycles. The highest BCUT2D eigenvalue weighted by atomic mass is 19.1. The highest BCUT2D eigenvalue weighted by Crippen LogP contribution is 2.17.